The van der Waals surface area contributed by atoms with Crippen LogP contribution in [0.2, 0.25) is 10.0 Å². The number of rotatable bonds is 7. The van der Waals surface area contributed by atoms with Crippen molar-refractivity contribution >= 4 is 40.5 Å². The number of aromatic nitrogens is 4. The van der Waals surface area contributed by atoms with Crippen molar-refractivity contribution in [3.63, 3.8) is 0 Å². The molecule has 1 N–H and O–H groups in total. The molecule has 3 aromatic rings. The van der Waals surface area contributed by atoms with Crippen LogP contribution in [-0.2, 0) is 17.9 Å². The van der Waals surface area contributed by atoms with Gasteiger partial charge in [0.25, 0.3) is 0 Å². The predicted octanol–water partition coefficient (Wildman–Crippen LogP) is 3.37. The number of nitro groups is 1. The van der Waals surface area contributed by atoms with Crippen molar-refractivity contribution in [3.05, 3.63) is 68.7 Å². The number of amides is 1. The van der Waals surface area contributed by atoms with Crippen LogP contribution in [-0.4, -0.2) is 30.4 Å². The number of nitrogens with zero attached hydrogens (tertiary/aromatic N) is 5. The molecule has 0 unspecified atom stereocenters. The first-order valence-corrected chi connectivity index (χ1v) is 8.60. The van der Waals surface area contributed by atoms with Crippen molar-refractivity contribution < 1.29 is 9.72 Å². The van der Waals surface area contributed by atoms with E-state index >= 15 is 0 Å². The van der Waals surface area contributed by atoms with Crippen LogP contribution in [0.1, 0.15) is 12.0 Å². The summed E-state index contributed by atoms with van der Waals surface area (Å²) >= 11 is 12.3. The summed E-state index contributed by atoms with van der Waals surface area (Å²) in [6.45, 7) is 0.592. The molecule has 0 aliphatic carbocycles. The highest BCUT2D eigenvalue weighted by atomic mass is 35.5. The number of benzene rings is 1. The molecular weight excluding hydrogens is 395 g/mol. The van der Waals surface area contributed by atoms with Crippen LogP contribution in [0, 0.1) is 10.1 Å². The van der Waals surface area contributed by atoms with Crippen molar-refractivity contribution in [2.75, 3.05) is 5.32 Å². The number of hydrogen-bond acceptors (Lipinski definition) is 5. The maximum absolute atomic E-state index is 12.0. The Balaban J connectivity index is 1.55. The van der Waals surface area contributed by atoms with Crippen molar-refractivity contribution in [3.8, 4) is 0 Å². The monoisotopic (exact) mass is 408 g/mol. The van der Waals surface area contributed by atoms with E-state index in [0.717, 1.165) is 11.8 Å². The summed E-state index contributed by atoms with van der Waals surface area (Å²) in [4.78, 5) is 22.1. The Labute approximate surface area is 163 Å². The molecular formula is C16H14Cl2N6O3. The lowest BCUT2D eigenvalue weighted by Gasteiger charge is -2.06. The Bertz CT molecular complexity index is 964. The number of hydrogen-bond donors (Lipinski definition) is 1. The second-order valence-electron chi connectivity index (χ2n) is 5.64. The molecule has 2 aromatic heterocycles. The third-order valence-corrected chi connectivity index (χ3v) is 4.41. The lowest BCUT2D eigenvalue weighted by atomic mass is 10.2. The summed E-state index contributed by atoms with van der Waals surface area (Å²) in [5.41, 5.74) is 1.15. The van der Waals surface area contributed by atoms with Gasteiger partial charge < -0.3 is 5.32 Å². The second kappa shape index (κ2) is 8.19. The van der Waals surface area contributed by atoms with Crippen molar-refractivity contribution in [1.29, 1.82) is 0 Å². The molecule has 0 atom stereocenters. The number of aryl methyl sites for hydroxylation is 1. The Morgan fingerprint density at radius 3 is 2.52 bits per heavy atom. The maximum Gasteiger partial charge on any atom is 0.306 e. The summed E-state index contributed by atoms with van der Waals surface area (Å²) in [6.07, 6.45) is 5.71. The fourth-order valence-corrected chi connectivity index (χ4v) is 2.89. The number of halogens is 2. The summed E-state index contributed by atoms with van der Waals surface area (Å²) in [5, 5.41) is 22.4. The smallest absolute Gasteiger partial charge is 0.306 e. The van der Waals surface area contributed by atoms with Gasteiger partial charge >= 0.3 is 5.69 Å². The van der Waals surface area contributed by atoms with E-state index in [0.29, 0.717) is 22.3 Å². The van der Waals surface area contributed by atoms with E-state index in [2.05, 4.69) is 15.5 Å². The van der Waals surface area contributed by atoms with Crippen LogP contribution in [0.3, 0.4) is 0 Å². The number of anilines is 1. The Hall–Kier alpha value is -2.91. The van der Waals surface area contributed by atoms with Gasteiger partial charge in [0, 0.05) is 34.8 Å². The average Bonchev–Trinajstić information content (AvgIpc) is 3.26. The van der Waals surface area contributed by atoms with Gasteiger partial charge in [0.05, 0.1) is 23.4 Å². The quantitative estimate of drug-likeness (QED) is 0.476. The molecule has 1 amide bonds. The van der Waals surface area contributed by atoms with E-state index in [1.165, 1.54) is 17.1 Å². The van der Waals surface area contributed by atoms with E-state index in [1.807, 2.05) is 0 Å². The highest BCUT2D eigenvalue weighted by Crippen LogP contribution is 2.25. The molecule has 0 radical (unpaired) electrons. The van der Waals surface area contributed by atoms with Gasteiger partial charge in [-0.1, -0.05) is 29.3 Å². The molecule has 0 saturated heterocycles. The van der Waals surface area contributed by atoms with E-state index in [9.17, 15) is 14.9 Å². The molecule has 2 heterocycles. The minimum absolute atomic E-state index is 0.111. The van der Waals surface area contributed by atoms with Crippen LogP contribution in [0.4, 0.5) is 11.4 Å². The van der Waals surface area contributed by atoms with Gasteiger partial charge in [-0.25, -0.2) is 0 Å². The van der Waals surface area contributed by atoms with Gasteiger partial charge in [0.1, 0.15) is 12.4 Å². The molecule has 0 aliphatic heterocycles. The van der Waals surface area contributed by atoms with Crippen LogP contribution >= 0.6 is 23.2 Å². The molecule has 3 rings (SSSR count). The fourth-order valence-electron chi connectivity index (χ4n) is 2.37. The van der Waals surface area contributed by atoms with E-state index in [1.54, 1.807) is 29.1 Å². The number of nitrogens with one attached hydrogen (secondary N) is 1. The average molecular weight is 409 g/mol. The van der Waals surface area contributed by atoms with Crippen molar-refractivity contribution in [1.82, 2.24) is 19.6 Å². The second-order valence-corrected chi connectivity index (χ2v) is 6.46. The minimum Gasteiger partial charge on any atom is -0.323 e. The summed E-state index contributed by atoms with van der Waals surface area (Å²) in [5.74, 6) is -0.261. The first-order valence-electron chi connectivity index (χ1n) is 7.84. The van der Waals surface area contributed by atoms with Crippen molar-refractivity contribution in [2.24, 2.45) is 0 Å². The maximum atomic E-state index is 12.0. The van der Waals surface area contributed by atoms with E-state index in [-0.39, 0.29) is 24.6 Å². The molecule has 9 nitrogen and oxygen atoms in total. The highest BCUT2D eigenvalue weighted by molar-refractivity contribution is 6.35. The third kappa shape index (κ3) is 4.83. The number of carbonyl (C=O) groups is 1. The molecule has 140 valence electrons. The molecule has 0 aliphatic rings. The lowest BCUT2D eigenvalue weighted by molar-refractivity contribution is -0.385. The molecule has 0 fully saturated rings. The van der Waals surface area contributed by atoms with Crippen LogP contribution < -0.4 is 5.32 Å². The van der Waals surface area contributed by atoms with Gasteiger partial charge in [-0.15, -0.1) is 0 Å². The predicted molar refractivity (Wildman–Crippen MR) is 99.9 cm³/mol. The SMILES string of the molecule is O=C(CCn1cc([N+](=O)[O-])cn1)Nc1cnn(Cc2c(Cl)cccc2Cl)c1. The van der Waals surface area contributed by atoms with E-state index < -0.39 is 4.92 Å². The standard InChI is InChI=1S/C16H14Cl2N6O3/c17-14-2-1-3-15(18)13(14)10-23-8-11(6-19-23)21-16(25)4-5-22-9-12(7-20-22)24(26)27/h1-3,6-9H,4-5,10H2,(H,21,25). The van der Waals surface area contributed by atoms with Crippen LogP contribution in [0.5, 0.6) is 0 Å². The molecule has 1 aromatic carbocycles. The van der Waals surface area contributed by atoms with Gasteiger partial charge in [-0.05, 0) is 12.1 Å². The summed E-state index contributed by atoms with van der Waals surface area (Å²) < 4.78 is 2.96. The van der Waals surface area contributed by atoms with Crippen LogP contribution in [0.15, 0.2) is 43.0 Å². The minimum atomic E-state index is -0.538. The lowest BCUT2D eigenvalue weighted by Crippen LogP contribution is -2.14. The fraction of sp³-hybridized carbons (Fsp3) is 0.188. The van der Waals surface area contributed by atoms with Gasteiger partial charge in [0.2, 0.25) is 5.91 Å². The number of carbonyl (C=O) groups excluding carboxylic acids is 1. The van der Waals surface area contributed by atoms with Gasteiger partial charge in [0.15, 0.2) is 0 Å². The first kappa shape index (κ1) is 18.9. The summed E-state index contributed by atoms with van der Waals surface area (Å²) in [6, 6.07) is 5.25. The highest BCUT2D eigenvalue weighted by Gasteiger charge is 2.11. The normalized spacial score (nSPS) is 10.7. The Morgan fingerprint density at radius 2 is 1.85 bits per heavy atom. The van der Waals surface area contributed by atoms with E-state index in [4.69, 9.17) is 23.2 Å². The Kier molecular flexibility index (Phi) is 5.72. The third-order valence-electron chi connectivity index (χ3n) is 3.70. The zero-order valence-corrected chi connectivity index (χ0v) is 15.4. The van der Waals surface area contributed by atoms with Crippen molar-refractivity contribution in [2.45, 2.75) is 19.5 Å². The molecule has 27 heavy (non-hydrogen) atoms. The molecule has 0 spiro atoms. The topological polar surface area (TPSA) is 108 Å². The molecule has 11 heteroatoms. The zero-order chi connectivity index (χ0) is 19.4. The molecule has 0 bridgehead atoms. The molecule has 0 saturated carbocycles. The zero-order valence-electron chi connectivity index (χ0n) is 13.9. The Morgan fingerprint density at radius 1 is 1.15 bits per heavy atom. The first-order chi connectivity index (χ1) is 12.9. The van der Waals surface area contributed by atoms with Crippen LogP contribution in [0.25, 0.3) is 0 Å². The van der Waals surface area contributed by atoms with Gasteiger partial charge in [-0.2, -0.15) is 10.2 Å². The largest absolute Gasteiger partial charge is 0.323 e. The summed E-state index contributed by atoms with van der Waals surface area (Å²) in [7, 11) is 0. The van der Waals surface area contributed by atoms with Gasteiger partial charge in [-0.3, -0.25) is 24.3 Å².